The fraction of sp³-hybridized carbons (Fsp3) is 0.188. The lowest BCUT2D eigenvalue weighted by atomic mass is 10.1. The molecule has 0 unspecified atom stereocenters. The van der Waals surface area contributed by atoms with Crippen LogP contribution in [0.1, 0.15) is 16.7 Å². The zero-order valence-corrected chi connectivity index (χ0v) is 11.2. The Morgan fingerprint density at radius 2 is 1.65 bits per heavy atom. The number of hydrogen-bond acceptors (Lipinski definition) is 4. The van der Waals surface area contributed by atoms with Crippen LogP contribution in [0, 0.1) is 0 Å². The summed E-state index contributed by atoms with van der Waals surface area (Å²) < 4.78 is 5.30. The largest absolute Gasteiger partial charge is 0.443 e. The highest BCUT2D eigenvalue weighted by atomic mass is 16.3. The SMILES string of the molecule is NCc1ccc(CNCc2ccc3ncoc3c2)cc1. The van der Waals surface area contributed by atoms with E-state index in [1.54, 1.807) is 0 Å². The van der Waals surface area contributed by atoms with Gasteiger partial charge in [-0.05, 0) is 28.8 Å². The minimum Gasteiger partial charge on any atom is -0.443 e. The average Bonchev–Trinajstić information content (AvgIpc) is 2.95. The van der Waals surface area contributed by atoms with Gasteiger partial charge in [-0.15, -0.1) is 0 Å². The van der Waals surface area contributed by atoms with E-state index in [2.05, 4.69) is 40.6 Å². The predicted molar refractivity (Wildman–Crippen MR) is 78.9 cm³/mol. The highest BCUT2D eigenvalue weighted by Crippen LogP contribution is 2.14. The molecule has 1 heterocycles. The lowest BCUT2D eigenvalue weighted by Gasteiger charge is -2.06. The van der Waals surface area contributed by atoms with Gasteiger partial charge in [-0.3, -0.25) is 0 Å². The van der Waals surface area contributed by atoms with Crippen molar-refractivity contribution in [1.82, 2.24) is 10.3 Å². The second-order valence-corrected chi connectivity index (χ2v) is 4.78. The molecule has 0 aliphatic carbocycles. The van der Waals surface area contributed by atoms with Gasteiger partial charge in [-0.2, -0.15) is 0 Å². The topological polar surface area (TPSA) is 64.1 Å². The molecule has 4 heteroatoms. The van der Waals surface area contributed by atoms with Gasteiger partial charge in [0.1, 0.15) is 5.52 Å². The number of nitrogens with zero attached hydrogens (tertiary/aromatic N) is 1. The van der Waals surface area contributed by atoms with E-state index < -0.39 is 0 Å². The summed E-state index contributed by atoms with van der Waals surface area (Å²) >= 11 is 0. The third-order valence-electron chi connectivity index (χ3n) is 3.31. The van der Waals surface area contributed by atoms with Crippen LogP contribution < -0.4 is 11.1 Å². The van der Waals surface area contributed by atoms with Gasteiger partial charge in [0, 0.05) is 19.6 Å². The molecular formula is C16H17N3O. The molecule has 0 atom stereocenters. The second kappa shape index (κ2) is 5.86. The smallest absolute Gasteiger partial charge is 0.181 e. The third-order valence-corrected chi connectivity index (χ3v) is 3.31. The summed E-state index contributed by atoms with van der Waals surface area (Å²) in [6.07, 6.45) is 1.47. The quantitative estimate of drug-likeness (QED) is 0.745. The Balaban J connectivity index is 1.58. The number of fused-ring (bicyclic) bond motifs is 1. The van der Waals surface area contributed by atoms with Crippen LogP contribution in [0.2, 0.25) is 0 Å². The number of oxazole rings is 1. The van der Waals surface area contributed by atoms with Crippen molar-refractivity contribution < 1.29 is 4.42 Å². The first-order valence-corrected chi connectivity index (χ1v) is 6.66. The molecule has 0 spiro atoms. The fourth-order valence-electron chi connectivity index (χ4n) is 2.15. The summed E-state index contributed by atoms with van der Waals surface area (Å²) in [4.78, 5) is 4.11. The number of rotatable bonds is 5. The first-order valence-electron chi connectivity index (χ1n) is 6.66. The predicted octanol–water partition coefficient (Wildman–Crippen LogP) is 2.58. The van der Waals surface area contributed by atoms with E-state index in [-0.39, 0.29) is 0 Å². The van der Waals surface area contributed by atoms with Crippen molar-refractivity contribution in [2.24, 2.45) is 5.73 Å². The fourth-order valence-corrected chi connectivity index (χ4v) is 2.15. The van der Waals surface area contributed by atoms with Gasteiger partial charge in [0.05, 0.1) is 0 Å². The van der Waals surface area contributed by atoms with Crippen LogP contribution in [0.15, 0.2) is 53.3 Å². The molecule has 0 aliphatic rings. The van der Waals surface area contributed by atoms with E-state index in [9.17, 15) is 0 Å². The van der Waals surface area contributed by atoms with Crippen LogP contribution >= 0.6 is 0 Å². The number of benzene rings is 2. The van der Waals surface area contributed by atoms with Gasteiger partial charge in [-0.1, -0.05) is 30.3 Å². The molecular weight excluding hydrogens is 250 g/mol. The van der Waals surface area contributed by atoms with Crippen LogP contribution in [-0.2, 0) is 19.6 Å². The Hall–Kier alpha value is -2.17. The normalized spacial score (nSPS) is 11.1. The molecule has 3 rings (SSSR count). The van der Waals surface area contributed by atoms with E-state index in [0.717, 1.165) is 29.8 Å². The second-order valence-electron chi connectivity index (χ2n) is 4.78. The van der Waals surface area contributed by atoms with E-state index >= 15 is 0 Å². The molecule has 0 amide bonds. The number of nitrogens with one attached hydrogen (secondary N) is 1. The van der Waals surface area contributed by atoms with Crippen LogP contribution in [0.3, 0.4) is 0 Å². The lowest BCUT2D eigenvalue weighted by molar-refractivity contribution is 0.601. The maximum absolute atomic E-state index is 5.58. The lowest BCUT2D eigenvalue weighted by Crippen LogP contribution is -2.12. The zero-order chi connectivity index (χ0) is 13.8. The van der Waals surface area contributed by atoms with Crippen LogP contribution in [0.5, 0.6) is 0 Å². The Kier molecular flexibility index (Phi) is 3.76. The molecule has 4 nitrogen and oxygen atoms in total. The van der Waals surface area contributed by atoms with Crippen molar-refractivity contribution in [3.8, 4) is 0 Å². The van der Waals surface area contributed by atoms with E-state index in [4.69, 9.17) is 10.2 Å². The van der Waals surface area contributed by atoms with Gasteiger partial charge in [0.15, 0.2) is 12.0 Å². The molecule has 1 aromatic heterocycles. The van der Waals surface area contributed by atoms with Crippen LogP contribution in [0.4, 0.5) is 0 Å². The van der Waals surface area contributed by atoms with E-state index in [0.29, 0.717) is 6.54 Å². The van der Waals surface area contributed by atoms with Crippen molar-refractivity contribution in [2.75, 3.05) is 0 Å². The highest BCUT2D eigenvalue weighted by Gasteiger charge is 2.00. The summed E-state index contributed by atoms with van der Waals surface area (Å²) in [5.74, 6) is 0. The molecule has 0 bridgehead atoms. The monoisotopic (exact) mass is 267 g/mol. The molecule has 0 radical (unpaired) electrons. The first-order chi connectivity index (χ1) is 9.85. The Labute approximate surface area is 117 Å². The summed E-state index contributed by atoms with van der Waals surface area (Å²) in [6, 6.07) is 14.4. The third kappa shape index (κ3) is 2.87. The minimum absolute atomic E-state index is 0.588. The van der Waals surface area contributed by atoms with Gasteiger partial charge < -0.3 is 15.5 Å². The van der Waals surface area contributed by atoms with Crippen molar-refractivity contribution in [3.05, 3.63) is 65.5 Å². The van der Waals surface area contributed by atoms with Gasteiger partial charge in [0.25, 0.3) is 0 Å². The summed E-state index contributed by atoms with van der Waals surface area (Å²) in [5, 5.41) is 3.42. The van der Waals surface area contributed by atoms with Crippen molar-refractivity contribution in [2.45, 2.75) is 19.6 Å². The molecule has 0 fully saturated rings. The summed E-state index contributed by atoms with van der Waals surface area (Å²) in [7, 11) is 0. The molecule has 3 aromatic rings. The Morgan fingerprint density at radius 1 is 0.950 bits per heavy atom. The van der Waals surface area contributed by atoms with Crippen molar-refractivity contribution in [1.29, 1.82) is 0 Å². The highest BCUT2D eigenvalue weighted by molar-refractivity contribution is 5.72. The molecule has 0 saturated carbocycles. The van der Waals surface area contributed by atoms with Crippen LogP contribution in [0.25, 0.3) is 11.1 Å². The number of hydrogen-bond donors (Lipinski definition) is 2. The Bertz CT molecular complexity index is 688. The molecule has 2 aromatic carbocycles. The number of aromatic nitrogens is 1. The maximum atomic E-state index is 5.58. The first kappa shape index (κ1) is 12.8. The molecule has 3 N–H and O–H groups in total. The molecule has 102 valence electrons. The molecule has 20 heavy (non-hydrogen) atoms. The van der Waals surface area contributed by atoms with Gasteiger partial charge >= 0.3 is 0 Å². The van der Waals surface area contributed by atoms with Crippen molar-refractivity contribution >= 4 is 11.1 Å². The maximum Gasteiger partial charge on any atom is 0.181 e. The van der Waals surface area contributed by atoms with E-state index in [1.165, 1.54) is 17.5 Å². The van der Waals surface area contributed by atoms with E-state index in [1.807, 2.05) is 12.1 Å². The molecule has 0 saturated heterocycles. The van der Waals surface area contributed by atoms with Gasteiger partial charge in [-0.25, -0.2) is 4.98 Å². The number of nitrogens with two attached hydrogens (primary N) is 1. The Morgan fingerprint density at radius 3 is 2.45 bits per heavy atom. The minimum atomic E-state index is 0.588. The standard InChI is InChI=1S/C16H17N3O/c17-8-12-1-3-13(4-2-12)9-18-10-14-5-6-15-16(7-14)20-11-19-15/h1-7,11,18H,8-10,17H2. The van der Waals surface area contributed by atoms with Crippen molar-refractivity contribution in [3.63, 3.8) is 0 Å². The van der Waals surface area contributed by atoms with Crippen LogP contribution in [-0.4, -0.2) is 4.98 Å². The van der Waals surface area contributed by atoms with Gasteiger partial charge in [0.2, 0.25) is 0 Å². The average molecular weight is 267 g/mol. The molecule has 0 aliphatic heterocycles. The summed E-state index contributed by atoms with van der Waals surface area (Å²) in [6.45, 7) is 2.22. The summed E-state index contributed by atoms with van der Waals surface area (Å²) in [5.41, 5.74) is 10.9. The zero-order valence-electron chi connectivity index (χ0n) is 11.2.